The van der Waals surface area contributed by atoms with E-state index in [4.69, 9.17) is 4.74 Å². The van der Waals surface area contributed by atoms with Gasteiger partial charge in [0.15, 0.2) is 0 Å². The minimum atomic E-state index is -3.53. The van der Waals surface area contributed by atoms with Gasteiger partial charge in [-0.2, -0.15) is 4.31 Å². The number of piperazine rings is 1. The molecule has 8 heteroatoms. The van der Waals surface area contributed by atoms with Crippen LogP contribution < -0.4 is 4.90 Å². The summed E-state index contributed by atoms with van der Waals surface area (Å²) in [7, 11) is 0.229. The van der Waals surface area contributed by atoms with E-state index in [1.807, 2.05) is 19.0 Å². The van der Waals surface area contributed by atoms with Crippen molar-refractivity contribution in [3.63, 3.8) is 0 Å². The van der Waals surface area contributed by atoms with Crippen LogP contribution in [0.3, 0.4) is 0 Å². The number of aromatic nitrogens is 1. The van der Waals surface area contributed by atoms with E-state index in [1.54, 1.807) is 16.4 Å². The largest absolute Gasteiger partial charge is 0.379 e. The lowest BCUT2D eigenvalue weighted by molar-refractivity contribution is 0.0214. The number of hydrogen-bond donors (Lipinski definition) is 0. The van der Waals surface area contributed by atoms with E-state index in [1.165, 1.54) is 6.20 Å². The van der Waals surface area contributed by atoms with Crippen molar-refractivity contribution in [2.24, 2.45) is 0 Å². The Morgan fingerprint density at radius 3 is 2.67 bits per heavy atom. The molecule has 0 bridgehead atoms. The van der Waals surface area contributed by atoms with Crippen molar-refractivity contribution in [1.29, 1.82) is 0 Å². The van der Waals surface area contributed by atoms with Crippen LogP contribution in [0, 0.1) is 0 Å². The van der Waals surface area contributed by atoms with Crippen LogP contribution in [0.25, 0.3) is 0 Å². The van der Waals surface area contributed by atoms with Crippen LogP contribution in [-0.4, -0.2) is 81.6 Å². The van der Waals surface area contributed by atoms with E-state index < -0.39 is 10.0 Å². The van der Waals surface area contributed by atoms with Gasteiger partial charge in [0.2, 0.25) is 10.0 Å². The Morgan fingerprint density at radius 1 is 1.33 bits per heavy atom. The summed E-state index contributed by atoms with van der Waals surface area (Å²) in [5.74, 6) is 0.741. The lowest BCUT2D eigenvalue weighted by Gasteiger charge is -2.47. The lowest BCUT2D eigenvalue weighted by atomic mass is 9.94. The fourth-order valence-corrected chi connectivity index (χ4v) is 5.04. The van der Waals surface area contributed by atoms with E-state index in [2.05, 4.69) is 16.8 Å². The molecule has 0 amide bonds. The molecule has 0 radical (unpaired) electrons. The summed E-state index contributed by atoms with van der Waals surface area (Å²) in [5, 5.41) is 0. The Balaban J connectivity index is 1.84. The van der Waals surface area contributed by atoms with Crippen molar-refractivity contribution in [3.8, 4) is 0 Å². The highest BCUT2D eigenvalue weighted by molar-refractivity contribution is 7.89. The summed E-state index contributed by atoms with van der Waals surface area (Å²) >= 11 is 0. The Kier molecular flexibility index (Phi) is 4.83. The molecule has 1 unspecified atom stereocenters. The van der Waals surface area contributed by atoms with Crippen LogP contribution in [-0.2, 0) is 14.8 Å². The first-order chi connectivity index (χ1) is 11.4. The average Bonchev–Trinajstić information content (AvgIpc) is 3.03. The van der Waals surface area contributed by atoms with Crippen LogP contribution in [0.15, 0.2) is 23.2 Å². The molecule has 0 saturated carbocycles. The Bertz CT molecular complexity index is 669. The predicted octanol–water partition coefficient (Wildman–Crippen LogP) is 0.633. The van der Waals surface area contributed by atoms with Crippen molar-refractivity contribution < 1.29 is 13.2 Å². The SMILES string of the molecule is CCN1CCN(S(=O)(=O)c2ccc(N(C)C)nc2)CC12CCOC2. The molecule has 2 saturated heterocycles. The van der Waals surface area contributed by atoms with Gasteiger partial charge in [-0.15, -0.1) is 0 Å². The van der Waals surface area contributed by atoms with Crippen LogP contribution in [0.5, 0.6) is 0 Å². The van der Waals surface area contributed by atoms with Gasteiger partial charge in [0.1, 0.15) is 10.7 Å². The summed E-state index contributed by atoms with van der Waals surface area (Å²) in [6.45, 7) is 6.06. The highest BCUT2D eigenvalue weighted by atomic mass is 32.2. The molecule has 1 aromatic heterocycles. The second-order valence-electron chi connectivity index (χ2n) is 6.69. The average molecular weight is 354 g/mol. The molecule has 1 aromatic rings. The van der Waals surface area contributed by atoms with Gasteiger partial charge in [-0.1, -0.05) is 6.92 Å². The zero-order valence-corrected chi connectivity index (χ0v) is 15.4. The van der Waals surface area contributed by atoms with Crippen molar-refractivity contribution in [1.82, 2.24) is 14.2 Å². The van der Waals surface area contributed by atoms with Gasteiger partial charge in [-0.05, 0) is 25.1 Å². The molecule has 134 valence electrons. The normalized spacial score (nSPS) is 26.1. The highest BCUT2D eigenvalue weighted by Gasteiger charge is 2.46. The summed E-state index contributed by atoms with van der Waals surface area (Å²) < 4.78 is 33.2. The Hall–Kier alpha value is -1.22. The number of anilines is 1. The topological polar surface area (TPSA) is 66.0 Å². The molecule has 0 aromatic carbocycles. The van der Waals surface area contributed by atoms with Gasteiger partial charge >= 0.3 is 0 Å². The Morgan fingerprint density at radius 2 is 2.12 bits per heavy atom. The number of rotatable bonds is 4. The molecule has 2 fully saturated rings. The fourth-order valence-electron chi connectivity index (χ4n) is 3.58. The molecular weight excluding hydrogens is 328 g/mol. The molecular formula is C16H26N4O3S. The first-order valence-corrected chi connectivity index (χ1v) is 9.79. The van der Waals surface area contributed by atoms with E-state index in [9.17, 15) is 8.42 Å². The fraction of sp³-hybridized carbons (Fsp3) is 0.688. The lowest BCUT2D eigenvalue weighted by Crippen LogP contribution is -2.63. The molecule has 2 aliphatic rings. The second-order valence-corrected chi connectivity index (χ2v) is 8.63. The van der Waals surface area contributed by atoms with Crippen molar-refractivity contribution in [2.45, 2.75) is 23.8 Å². The quantitative estimate of drug-likeness (QED) is 0.790. The smallest absolute Gasteiger partial charge is 0.244 e. The van der Waals surface area contributed by atoms with Gasteiger partial charge in [0.05, 0.1) is 12.1 Å². The molecule has 1 spiro atoms. The zero-order valence-electron chi connectivity index (χ0n) is 14.6. The van der Waals surface area contributed by atoms with Crippen LogP contribution in [0.4, 0.5) is 5.82 Å². The monoisotopic (exact) mass is 354 g/mol. The molecule has 0 aliphatic carbocycles. The Labute approximate surface area is 144 Å². The van der Waals surface area contributed by atoms with Crippen LogP contribution in [0.2, 0.25) is 0 Å². The molecule has 2 aliphatic heterocycles. The second kappa shape index (κ2) is 6.59. The van der Waals surface area contributed by atoms with Crippen molar-refractivity contribution in [2.75, 3.05) is 58.4 Å². The van der Waals surface area contributed by atoms with Crippen molar-refractivity contribution in [3.05, 3.63) is 18.3 Å². The van der Waals surface area contributed by atoms with E-state index in [0.717, 1.165) is 25.3 Å². The van der Waals surface area contributed by atoms with Gasteiger partial charge in [0.25, 0.3) is 0 Å². The zero-order chi connectivity index (χ0) is 17.4. The van der Waals surface area contributed by atoms with Gasteiger partial charge in [-0.3, -0.25) is 4.90 Å². The third-order valence-electron chi connectivity index (χ3n) is 5.04. The number of sulfonamides is 1. The minimum absolute atomic E-state index is 0.183. The summed E-state index contributed by atoms with van der Waals surface area (Å²) in [6, 6.07) is 3.38. The summed E-state index contributed by atoms with van der Waals surface area (Å²) in [4.78, 5) is 8.71. The number of ether oxygens (including phenoxy) is 1. The maximum atomic E-state index is 13.0. The number of hydrogen-bond acceptors (Lipinski definition) is 6. The van der Waals surface area contributed by atoms with Gasteiger partial charge in [-0.25, -0.2) is 13.4 Å². The van der Waals surface area contributed by atoms with Crippen LogP contribution >= 0.6 is 0 Å². The number of nitrogens with zero attached hydrogens (tertiary/aromatic N) is 4. The molecule has 3 rings (SSSR count). The van der Waals surface area contributed by atoms with Gasteiger partial charge < -0.3 is 9.64 Å². The highest BCUT2D eigenvalue weighted by Crippen LogP contribution is 2.32. The minimum Gasteiger partial charge on any atom is -0.379 e. The third-order valence-corrected chi connectivity index (χ3v) is 6.87. The maximum absolute atomic E-state index is 13.0. The number of pyridine rings is 1. The van der Waals surface area contributed by atoms with E-state index >= 15 is 0 Å². The first-order valence-electron chi connectivity index (χ1n) is 8.35. The number of likely N-dealkylation sites (N-methyl/N-ethyl adjacent to an activating group) is 1. The third kappa shape index (κ3) is 3.03. The molecule has 0 N–H and O–H groups in total. The first kappa shape index (κ1) is 17.6. The molecule has 3 heterocycles. The summed E-state index contributed by atoms with van der Waals surface area (Å²) in [6.07, 6.45) is 2.33. The van der Waals surface area contributed by atoms with E-state index in [0.29, 0.717) is 26.3 Å². The molecule has 7 nitrogen and oxygen atoms in total. The standard InChI is InChI=1S/C16H26N4O3S/c1-4-19-8-9-20(12-16(19)7-10-23-13-16)24(21,22)14-5-6-15(17-11-14)18(2)3/h5-6,11H,4,7-10,12-13H2,1-3H3. The maximum Gasteiger partial charge on any atom is 0.244 e. The van der Waals surface area contributed by atoms with E-state index in [-0.39, 0.29) is 10.4 Å². The molecule has 24 heavy (non-hydrogen) atoms. The van der Waals surface area contributed by atoms with Gasteiger partial charge in [0, 0.05) is 46.5 Å². The van der Waals surface area contributed by atoms with Crippen LogP contribution in [0.1, 0.15) is 13.3 Å². The van der Waals surface area contributed by atoms with Crippen molar-refractivity contribution >= 4 is 15.8 Å². The predicted molar refractivity (Wildman–Crippen MR) is 92.7 cm³/mol. The molecule has 1 atom stereocenters. The summed E-state index contributed by atoms with van der Waals surface area (Å²) in [5.41, 5.74) is -0.183.